The van der Waals surface area contributed by atoms with Crippen LogP contribution in [0.4, 0.5) is 5.69 Å². The largest absolute Gasteiger partial charge is 0.399 e. The molecule has 3 aromatic rings. The van der Waals surface area contributed by atoms with Crippen LogP contribution >= 0.6 is 0 Å². The number of rotatable bonds is 3. The van der Waals surface area contributed by atoms with Gasteiger partial charge < -0.3 is 5.73 Å². The van der Waals surface area contributed by atoms with Crippen LogP contribution in [0.5, 0.6) is 0 Å². The molecule has 5 nitrogen and oxygen atoms in total. The summed E-state index contributed by atoms with van der Waals surface area (Å²) in [5.41, 5.74) is 9.79. The molecule has 1 aromatic heterocycles. The summed E-state index contributed by atoms with van der Waals surface area (Å²) in [4.78, 5) is 0. The van der Waals surface area contributed by atoms with Gasteiger partial charge in [0.05, 0.1) is 6.54 Å². The summed E-state index contributed by atoms with van der Waals surface area (Å²) in [5, 5.41) is 11.9. The average molecular weight is 265 g/mol. The molecular weight excluding hydrogens is 250 g/mol. The molecule has 20 heavy (non-hydrogen) atoms. The van der Waals surface area contributed by atoms with Crippen LogP contribution in [0.25, 0.3) is 11.4 Å². The third-order valence-electron chi connectivity index (χ3n) is 3.15. The number of anilines is 1. The molecule has 2 aromatic carbocycles. The van der Waals surface area contributed by atoms with Gasteiger partial charge in [-0.1, -0.05) is 29.8 Å². The van der Waals surface area contributed by atoms with Crippen molar-refractivity contribution in [2.75, 3.05) is 5.73 Å². The molecule has 0 aliphatic carbocycles. The highest BCUT2D eigenvalue weighted by Gasteiger charge is 2.09. The zero-order valence-corrected chi connectivity index (χ0v) is 11.2. The zero-order valence-electron chi connectivity index (χ0n) is 11.2. The molecule has 0 aliphatic heterocycles. The molecule has 100 valence electrons. The topological polar surface area (TPSA) is 69.6 Å². The van der Waals surface area contributed by atoms with Crippen molar-refractivity contribution in [1.29, 1.82) is 0 Å². The van der Waals surface area contributed by atoms with E-state index in [0.717, 1.165) is 17.1 Å². The Morgan fingerprint density at radius 3 is 2.40 bits per heavy atom. The van der Waals surface area contributed by atoms with Crippen molar-refractivity contribution in [2.24, 2.45) is 0 Å². The predicted molar refractivity (Wildman–Crippen MR) is 77.9 cm³/mol. The monoisotopic (exact) mass is 265 g/mol. The highest BCUT2D eigenvalue weighted by Crippen LogP contribution is 2.18. The Labute approximate surface area is 117 Å². The van der Waals surface area contributed by atoms with E-state index >= 15 is 0 Å². The van der Waals surface area contributed by atoms with E-state index in [0.29, 0.717) is 6.54 Å². The second kappa shape index (κ2) is 5.13. The van der Waals surface area contributed by atoms with Gasteiger partial charge in [0.2, 0.25) is 0 Å². The Hall–Kier alpha value is -2.69. The predicted octanol–water partition coefficient (Wildman–Crippen LogP) is 2.28. The van der Waals surface area contributed by atoms with Crippen molar-refractivity contribution in [1.82, 2.24) is 20.2 Å². The van der Waals surface area contributed by atoms with E-state index in [-0.39, 0.29) is 0 Å². The van der Waals surface area contributed by atoms with Gasteiger partial charge in [0, 0.05) is 11.3 Å². The van der Waals surface area contributed by atoms with E-state index in [2.05, 4.69) is 46.7 Å². The normalized spacial score (nSPS) is 10.7. The Morgan fingerprint density at radius 2 is 1.70 bits per heavy atom. The molecule has 0 amide bonds. The standard InChI is InChI=1S/C15H15N5/c1-11-2-4-12(5-3-11)10-20-15(17-18-19-20)13-6-8-14(16)9-7-13/h2-9H,10,16H2,1H3. The highest BCUT2D eigenvalue weighted by atomic mass is 15.5. The Morgan fingerprint density at radius 1 is 1.00 bits per heavy atom. The molecule has 0 spiro atoms. The van der Waals surface area contributed by atoms with Gasteiger partial charge in [-0.15, -0.1) is 5.10 Å². The second-order valence-corrected chi connectivity index (χ2v) is 4.77. The van der Waals surface area contributed by atoms with Gasteiger partial charge in [0.25, 0.3) is 0 Å². The van der Waals surface area contributed by atoms with Crippen molar-refractivity contribution in [3.8, 4) is 11.4 Å². The molecule has 0 atom stereocenters. The fraction of sp³-hybridized carbons (Fsp3) is 0.133. The lowest BCUT2D eigenvalue weighted by atomic mass is 10.1. The van der Waals surface area contributed by atoms with Gasteiger partial charge in [-0.2, -0.15) is 0 Å². The summed E-state index contributed by atoms with van der Waals surface area (Å²) in [6.45, 7) is 2.72. The van der Waals surface area contributed by atoms with E-state index < -0.39 is 0 Å². The number of nitrogens with two attached hydrogens (primary N) is 1. The molecule has 0 unspecified atom stereocenters. The molecule has 0 bridgehead atoms. The quantitative estimate of drug-likeness (QED) is 0.738. The van der Waals surface area contributed by atoms with Crippen molar-refractivity contribution < 1.29 is 0 Å². The van der Waals surface area contributed by atoms with Gasteiger partial charge in [-0.05, 0) is 47.2 Å². The maximum absolute atomic E-state index is 5.70. The smallest absolute Gasteiger partial charge is 0.182 e. The van der Waals surface area contributed by atoms with E-state index in [1.807, 2.05) is 24.3 Å². The van der Waals surface area contributed by atoms with Crippen LogP contribution in [-0.2, 0) is 6.54 Å². The molecule has 0 aliphatic rings. The fourth-order valence-electron chi connectivity index (χ4n) is 2.02. The Balaban J connectivity index is 1.90. The Bertz CT molecular complexity index is 698. The lowest BCUT2D eigenvalue weighted by Gasteiger charge is -2.05. The van der Waals surface area contributed by atoms with Crippen molar-refractivity contribution in [3.05, 3.63) is 59.7 Å². The maximum atomic E-state index is 5.70. The molecule has 0 radical (unpaired) electrons. The second-order valence-electron chi connectivity index (χ2n) is 4.77. The van der Waals surface area contributed by atoms with Crippen molar-refractivity contribution >= 4 is 5.69 Å². The SMILES string of the molecule is Cc1ccc(Cn2nnnc2-c2ccc(N)cc2)cc1. The number of nitrogen functional groups attached to an aromatic ring is 1. The van der Waals surface area contributed by atoms with Crippen LogP contribution in [0, 0.1) is 6.92 Å². The number of nitrogens with zero attached hydrogens (tertiary/aromatic N) is 4. The average Bonchev–Trinajstić information content (AvgIpc) is 2.90. The molecular formula is C15H15N5. The zero-order chi connectivity index (χ0) is 13.9. The van der Waals surface area contributed by atoms with Crippen LogP contribution < -0.4 is 5.73 Å². The summed E-state index contributed by atoms with van der Waals surface area (Å²) in [7, 11) is 0. The lowest BCUT2D eigenvalue weighted by Crippen LogP contribution is -2.04. The van der Waals surface area contributed by atoms with Crippen molar-refractivity contribution in [3.63, 3.8) is 0 Å². The van der Waals surface area contributed by atoms with E-state index in [9.17, 15) is 0 Å². The molecule has 0 saturated carbocycles. The molecule has 2 N–H and O–H groups in total. The summed E-state index contributed by atoms with van der Waals surface area (Å²) < 4.78 is 1.79. The summed E-state index contributed by atoms with van der Waals surface area (Å²) in [6.07, 6.45) is 0. The molecule has 3 rings (SSSR count). The summed E-state index contributed by atoms with van der Waals surface area (Å²) in [6, 6.07) is 15.9. The number of aryl methyl sites for hydroxylation is 1. The lowest BCUT2D eigenvalue weighted by molar-refractivity contribution is 0.653. The van der Waals surface area contributed by atoms with Gasteiger partial charge in [-0.25, -0.2) is 4.68 Å². The number of tetrazole rings is 1. The van der Waals surface area contributed by atoms with Crippen LogP contribution in [-0.4, -0.2) is 20.2 Å². The molecule has 5 heteroatoms. The van der Waals surface area contributed by atoms with Gasteiger partial charge in [0.1, 0.15) is 0 Å². The molecule has 0 fully saturated rings. The maximum Gasteiger partial charge on any atom is 0.182 e. The number of hydrogen-bond acceptors (Lipinski definition) is 4. The number of hydrogen-bond donors (Lipinski definition) is 1. The highest BCUT2D eigenvalue weighted by molar-refractivity contribution is 5.58. The first-order valence-corrected chi connectivity index (χ1v) is 6.40. The minimum atomic E-state index is 0.646. The van der Waals surface area contributed by atoms with Gasteiger partial charge >= 0.3 is 0 Å². The summed E-state index contributed by atoms with van der Waals surface area (Å²) >= 11 is 0. The van der Waals surface area contributed by atoms with Gasteiger partial charge in [0.15, 0.2) is 5.82 Å². The fourth-order valence-corrected chi connectivity index (χ4v) is 2.02. The van der Waals surface area contributed by atoms with Crippen LogP contribution in [0.15, 0.2) is 48.5 Å². The van der Waals surface area contributed by atoms with E-state index in [4.69, 9.17) is 5.73 Å². The van der Waals surface area contributed by atoms with E-state index in [1.165, 1.54) is 11.1 Å². The van der Waals surface area contributed by atoms with Crippen LogP contribution in [0.3, 0.4) is 0 Å². The third-order valence-corrected chi connectivity index (χ3v) is 3.15. The van der Waals surface area contributed by atoms with Crippen LogP contribution in [0.1, 0.15) is 11.1 Å². The first-order valence-electron chi connectivity index (χ1n) is 6.40. The third kappa shape index (κ3) is 2.51. The first kappa shape index (κ1) is 12.3. The Kier molecular flexibility index (Phi) is 3.16. The summed E-state index contributed by atoms with van der Waals surface area (Å²) in [5.74, 6) is 0.741. The number of benzene rings is 2. The minimum absolute atomic E-state index is 0.646. The minimum Gasteiger partial charge on any atom is -0.399 e. The van der Waals surface area contributed by atoms with E-state index in [1.54, 1.807) is 4.68 Å². The van der Waals surface area contributed by atoms with Crippen molar-refractivity contribution in [2.45, 2.75) is 13.5 Å². The molecule has 0 saturated heterocycles. The van der Waals surface area contributed by atoms with Gasteiger partial charge in [-0.3, -0.25) is 0 Å². The number of aromatic nitrogens is 4. The van der Waals surface area contributed by atoms with Crippen LogP contribution in [0.2, 0.25) is 0 Å². The first-order chi connectivity index (χ1) is 9.72. The molecule has 1 heterocycles.